The van der Waals surface area contributed by atoms with Gasteiger partial charge in [0.25, 0.3) is 5.92 Å². The number of amides is 2. The minimum Gasteiger partial charge on any atom is -0.481 e. The molecule has 4 rings (SSSR count). The number of nitrogens with one attached hydrogen (secondary N) is 2. The van der Waals surface area contributed by atoms with Gasteiger partial charge in [0.05, 0.1) is 5.92 Å². The third-order valence-electron chi connectivity index (χ3n) is 6.44. The van der Waals surface area contributed by atoms with E-state index >= 15 is 0 Å². The second-order valence-corrected chi connectivity index (χ2v) is 8.91. The number of carboxylic acid groups (broad SMARTS) is 1. The second-order valence-electron chi connectivity index (χ2n) is 8.91. The highest BCUT2D eigenvalue weighted by Crippen LogP contribution is 2.55. The molecular weight excluding hydrogens is 446 g/mol. The van der Waals surface area contributed by atoms with E-state index in [2.05, 4.69) is 10.6 Å². The van der Waals surface area contributed by atoms with Gasteiger partial charge in [-0.25, -0.2) is 13.6 Å². The Morgan fingerprint density at radius 3 is 2.21 bits per heavy atom. The lowest BCUT2D eigenvalue weighted by molar-refractivity contribution is -0.138. The van der Waals surface area contributed by atoms with Crippen molar-refractivity contribution in [2.45, 2.75) is 25.2 Å². The molecule has 0 aliphatic heterocycles. The van der Waals surface area contributed by atoms with E-state index in [-0.39, 0.29) is 31.4 Å². The smallest absolute Gasteiger partial charge is 0.407 e. The average molecular weight is 472 g/mol. The molecule has 3 N–H and O–H groups in total. The number of alkyl halides is 2. The molecule has 180 valence electrons. The Morgan fingerprint density at radius 1 is 1.03 bits per heavy atom. The zero-order valence-corrected chi connectivity index (χ0v) is 18.6. The lowest BCUT2D eigenvalue weighted by Gasteiger charge is -2.14. The van der Waals surface area contributed by atoms with Crippen molar-refractivity contribution in [3.63, 3.8) is 0 Å². The summed E-state index contributed by atoms with van der Waals surface area (Å²) in [5.41, 5.74) is 4.24. The number of hydrogen-bond acceptors (Lipinski definition) is 4. The number of aliphatic carboxylic acids is 1. The second kappa shape index (κ2) is 9.40. The highest BCUT2D eigenvalue weighted by atomic mass is 19.3. The Hall–Kier alpha value is -3.49. The summed E-state index contributed by atoms with van der Waals surface area (Å²) in [4.78, 5) is 35.0. The molecule has 2 aromatic carbocycles. The first-order valence-corrected chi connectivity index (χ1v) is 11.2. The van der Waals surface area contributed by atoms with Crippen LogP contribution in [0.25, 0.3) is 11.1 Å². The monoisotopic (exact) mass is 472 g/mol. The number of benzene rings is 2. The molecule has 7 nitrogen and oxygen atoms in total. The average Bonchev–Trinajstić information content (AvgIpc) is 3.20. The van der Waals surface area contributed by atoms with Crippen LogP contribution in [0.15, 0.2) is 48.5 Å². The number of ether oxygens (including phenoxy) is 1. The van der Waals surface area contributed by atoms with Crippen LogP contribution in [-0.4, -0.2) is 48.7 Å². The van der Waals surface area contributed by atoms with Crippen molar-refractivity contribution in [2.24, 2.45) is 17.8 Å². The van der Waals surface area contributed by atoms with Crippen molar-refractivity contribution < 1.29 is 33.0 Å². The van der Waals surface area contributed by atoms with E-state index in [1.807, 2.05) is 48.5 Å². The lowest BCUT2D eigenvalue weighted by atomic mass is 9.98. The highest BCUT2D eigenvalue weighted by Gasteiger charge is 2.71. The van der Waals surface area contributed by atoms with Crippen LogP contribution in [0.2, 0.25) is 0 Å². The van der Waals surface area contributed by atoms with Gasteiger partial charge in [0.1, 0.15) is 12.5 Å². The molecule has 34 heavy (non-hydrogen) atoms. The Kier molecular flexibility index (Phi) is 6.54. The maximum Gasteiger partial charge on any atom is 0.407 e. The fraction of sp³-hybridized carbons (Fsp3) is 0.400. The number of alkyl carbamates (subject to hydrolysis) is 1. The van der Waals surface area contributed by atoms with Gasteiger partial charge in [-0.3, -0.25) is 9.59 Å². The van der Waals surface area contributed by atoms with Crippen LogP contribution in [-0.2, 0) is 14.3 Å². The first kappa shape index (κ1) is 23.7. The van der Waals surface area contributed by atoms with E-state index in [1.165, 1.54) is 0 Å². The number of carboxylic acids is 1. The van der Waals surface area contributed by atoms with Crippen LogP contribution < -0.4 is 10.6 Å². The quantitative estimate of drug-likeness (QED) is 0.517. The summed E-state index contributed by atoms with van der Waals surface area (Å²) in [7, 11) is 0. The van der Waals surface area contributed by atoms with Crippen molar-refractivity contribution in [1.82, 2.24) is 10.6 Å². The maximum absolute atomic E-state index is 14.1. The van der Waals surface area contributed by atoms with Crippen molar-refractivity contribution >= 4 is 18.0 Å². The highest BCUT2D eigenvalue weighted by molar-refractivity contribution is 5.84. The van der Waals surface area contributed by atoms with Gasteiger partial charge in [0, 0.05) is 25.4 Å². The first-order chi connectivity index (χ1) is 16.2. The normalized spacial score (nSPS) is 20.6. The van der Waals surface area contributed by atoms with Gasteiger partial charge in [-0.2, -0.15) is 0 Å². The Labute approximate surface area is 195 Å². The molecule has 1 saturated carbocycles. The fourth-order valence-corrected chi connectivity index (χ4v) is 4.60. The minimum atomic E-state index is -3.24. The summed E-state index contributed by atoms with van der Waals surface area (Å²) in [6.07, 6.45) is -0.993. The third kappa shape index (κ3) is 4.73. The van der Waals surface area contributed by atoms with E-state index in [0.29, 0.717) is 0 Å². The maximum atomic E-state index is 14.1. The fourth-order valence-electron chi connectivity index (χ4n) is 4.60. The SMILES string of the molecule is CC(CNC(=O)C1C(CNC(=O)OCC2c3ccccc3-c3ccccc32)C1(F)F)CC(=O)O. The molecule has 2 amide bonds. The number of rotatable bonds is 9. The minimum absolute atomic E-state index is 0.00968. The molecule has 3 atom stereocenters. The molecule has 0 bridgehead atoms. The van der Waals surface area contributed by atoms with Gasteiger partial charge in [-0.15, -0.1) is 0 Å². The third-order valence-corrected chi connectivity index (χ3v) is 6.44. The van der Waals surface area contributed by atoms with Gasteiger partial charge in [0.2, 0.25) is 5.91 Å². The zero-order chi connectivity index (χ0) is 24.5. The molecule has 9 heteroatoms. The summed E-state index contributed by atoms with van der Waals surface area (Å²) in [6.45, 7) is 1.26. The number of carbonyl (C=O) groups is 3. The van der Waals surface area contributed by atoms with Gasteiger partial charge in [-0.05, 0) is 28.2 Å². The molecular formula is C25H26F2N2O5. The molecule has 2 aliphatic rings. The summed E-state index contributed by atoms with van der Waals surface area (Å²) < 4.78 is 33.6. The number of hydrogen-bond donors (Lipinski definition) is 3. The molecule has 0 aromatic heterocycles. The summed E-state index contributed by atoms with van der Waals surface area (Å²) in [5.74, 6) is -8.53. The Morgan fingerprint density at radius 2 is 1.62 bits per heavy atom. The molecule has 2 aliphatic carbocycles. The van der Waals surface area contributed by atoms with Crippen LogP contribution in [0.5, 0.6) is 0 Å². The molecule has 0 radical (unpaired) electrons. The molecule has 3 unspecified atom stereocenters. The summed E-state index contributed by atoms with van der Waals surface area (Å²) in [6, 6.07) is 15.7. The van der Waals surface area contributed by atoms with Crippen LogP contribution >= 0.6 is 0 Å². The largest absolute Gasteiger partial charge is 0.481 e. The molecule has 2 aromatic rings. The van der Waals surface area contributed by atoms with E-state index in [1.54, 1.807) is 6.92 Å². The Bertz CT molecular complexity index is 1060. The predicted molar refractivity (Wildman–Crippen MR) is 119 cm³/mol. The molecule has 1 fully saturated rings. The predicted octanol–water partition coefficient (Wildman–Crippen LogP) is 3.63. The summed E-state index contributed by atoms with van der Waals surface area (Å²) in [5, 5.41) is 13.5. The van der Waals surface area contributed by atoms with Gasteiger partial charge in [0.15, 0.2) is 0 Å². The number of halogens is 2. The number of carbonyl (C=O) groups excluding carboxylic acids is 2. The van der Waals surface area contributed by atoms with Crippen LogP contribution in [0, 0.1) is 17.8 Å². The standard InChI is InChI=1S/C25H26F2N2O5/c1-14(10-21(30)31)11-28-23(32)22-20(25(22,26)27)12-29-24(33)34-13-19-17-8-4-2-6-15(17)16-7-3-5-9-18(16)19/h2-9,14,19-20,22H,10-13H2,1H3,(H,28,32)(H,29,33)(H,30,31). The first-order valence-electron chi connectivity index (χ1n) is 11.2. The van der Waals surface area contributed by atoms with Crippen LogP contribution in [0.3, 0.4) is 0 Å². The van der Waals surface area contributed by atoms with Gasteiger partial charge in [-0.1, -0.05) is 55.5 Å². The van der Waals surface area contributed by atoms with Crippen molar-refractivity contribution in [2.75, 3.05) is 19.7 Å². The Balaban J connectivity index is 1.27. The van der Waals surface area contributed by atoms with E-state index in [0.717, 1.165) is 22.3 Å². The number of fused-ring (bicyclic) bond motifs is 3. The summed E-state index contributed by atoms with van der Waals surface area (Å²) >= 11 is 0. The van der Waals surface area contributed by atoms with Crippen molar-refractivity contribution in [3.8, 4) is 11.1 Å². The lowest BCUT2D eigenvalue weighted by Crippen LogP contribution is -2.33. The van der Waals surface area contributed by atoms with E-state index < -0.39 is 42.3 Å². The molecule has 0 saturated heterocycles. The van der Waals surface area contributed by atoms with Crippen molar-refractivity contribution in [1.29, 1.82) is 0 Å². The van der Waals surface area contributed by atoms with Crippen LogP contribution in [0.4, 0.5) is 13.6 Å². The van der Waals surface area contributed by atoms with Gasteiger partial charge < -0.3 is 20.5 Å². The molecule has 0 heterocycles. The van der Waals surface area contributed by atoms with E-state index in [9.17, 15) is 23.2 Å². The topological polar surface area (TPSA) is 105 Å². The van der Waals surface area contributed by atoms with Crippen LogP contribution in [0.1, 0.15) is 30.4 Å². The van der Waals surface area contributed by atoms with Crippen molar-refractivity contribution in [3.05, 3.63) is 59.7 Å². The van der Waals surface area contributed by atoms with Gasteiger partial charge >= 0.3 is 12.1 Å². The zero-order valence-electron chi connectivity index (χ0n) is 18.6. The van der Waals surface area contributed by atoms with E-state index in [4.69, 9.17) is 9.84 Å². The molecule has 0 spiro atoms.